The number of benzene rings is 1. The first-order valence-electron chi connectivity index (χ1n) is 7.96. The topological polar surface area (TPSA) is 117 Å². The van der Waals surface area contributed by atoms with Gasteiger partial charge in [0.15, 0.2) is 0 Å². The summed E-state index contributed by atoms with van der Waals surface area (Å²) in [5.41, 5.74) is 7.63. The van der Waals surface area contributed by atoms with Gasteiger partial charge < -0.3 is 25.5 Å². The molecule has 4 N–H and O–H groups in total. The molecule has 2 heterocycles. The molecular weight excluding hydrogens is 334 g/mol. The number of hydrogen-bond acceptors (Lipinski definition) is 6. The number of nitrogens with two attached hydrogens (primary N) is 1. The lowest BCUT2D eigenvalue weighted by Gasteiger charge is -2.20. The number of nitrogens with zero attached hydrogens (tertiary/aromatic N) is 3. The van der Waals surface area contributed by atoms with E-state index in [0.29, 0.717) is 11.3 Å². The number of carbonyl (C=O) groups is 1. The second-order valence-electron chi connectivity index (χ2n) is 5.73. The number of carbonyl (C=O) groups excluding carboxylic acids is 1. The van der Waals surface area contributed by atoms with Gasteiger partial charge in [-0.3, -0.25) is 0 Å². The fraction of sp³-hybridized carbons (Fsp3) is 0.167. The van der Waals surface area contributed by atoms with Crippen molar-refractivity contribution < 1.29 is 14.6 Å². The molecule has 0 aliphatic heterocycles. The van der Waals surface area contributed by atoms with Crippen LogP contribution in [0.3, 0.4) is 0 Å². The largest absolute Gasteiger partial charge is 0.416 e. The van der Waals surface area contributed by atoms with Gasteiger partial charge in [0.25, 0.3) is 0 Å². The predicted molar refractivity (Wildman–Crippen MR) is 96.3 cm³/mol. The first kappa shape index (κ1) is 17.4. The maximum atomic E-state index is 12.2. The lowest BCUT2D eigenvalue weighted by atomic mass is 10.1. The standard InChI is InChI=1S/C18H19N5O3/c1-23(11-15(24)12-5-3-2-4-6-12)18(25)26-16-9-13(10-21-16)14-7-8-20-17(19)22-14/h2-10,15,21,24H,11H2,1H3,(H2,19,20,22). The van der Waals surface area contributed by atoms with Crippen molar-refractivity contribution in [2.75, 3.05) is 19.3 Å². The molecule has 1 aromatic carbocycles. The number of nitrogens with one attached hydrogen (secondary N) is 1. The predicted octanol–water partition coefficient (Wildman–Crippen LogP) is 2.22. The summed E-state index contributed by atoms with van der Waals surface area (Å²) in [6.45, 7) is 0.110. The molecule has 1 unspecified atom stereocenters. The van der Waals surface area contributed by atoms with Crippen LogP contribution in [-0.2, 0) is 0 Å². The van der Waals surface area contributed by atoms with Gasteiger partial charge in [-0.2, -0.15) is 0 Å². The second kappa shape index (κ2) is 7.66. The molecule has 134 valence electrons. The molecule has 0 aliphatic rings. The number of ether oxygens (including phenoxy) is 1. The van der Waals surface area contributed by atoms with Gasteiger partial charge in [-0.15, -0.1) is 0 Å². The van der Waals surface area contributed by atoms with Crippen LogP contribution in [0.5, 0.6) is 5.88 Å². The molecule has 1 atom stereocenters. The van der Waals surface area contributed by atoms with Crippen LogP contribution in [0.15, 0.2) is 54.9 Å². The van der Waals surface area contributed by atoms with Gasteiger partial charge in [0, 0.05) is 31.1 Å². The van der Waals surface area contributed by atoms with Gasteiger partial charge in [0.2, 0.25) is 11.8 Å². The van der Waals surface area contributed by atoms with E-state index in [1.54, 1.807) is 43.7 Å². The van der Waals surface area contributed by atoms with Crippen LogP contribution in [0.25, 0.3) is 11.3 Å². The third kappa shape index (κ3) is 4.17. The molecule has 0 fully saturated rings. The highest BCUT2D eigenvalue weighted by molar-refractivity contribution is 5.71. The Balaban J connectivity index is 1.61. The van der Waals surface area contributed by atoms with Gasteiger partial charge in [-0.1, -0.05) is 30.3 Å². The number of rotatable bonds is 5. The smallest absolute Gasteiger partial charge is 0.393 e. The molecule has 3 aromatic rings. The van der Waals surface area contributed by atoms with Gasteiger partial charge >= 0.3 is 6.09 Å². The Morgan fingerprint density at radius 3 is 2.85 bits per heavy atom. The number of aromatic amines is 1. The minimum Gasteiger partial charge on any atom is -0.393 e. The molecule has 8 heteroatoms. The molecule has 0 aliphatic carbocycles. The molecule has 0 radical (unpaired) electrons. The highest BCUT2D eigenvalue weighted by atomic mass is 16.6. The molecule has 2 aromatic heterocycles. The number of hydrogen-bond donors (Lipinski definition) is 3. The summed E-state index contributed by atoms with van der Waals surface area (Å²) in [6.07, 6.45) is 1.82. The van der Waals surface area contributed by atoms with Crippen molar-refractivity contribution in [1.29, 1.82) is 0 Å². The molecule has 0 saturated heterocycles. The maximum absolute atomic E-state index is 12.2. The molecule has 0 saturated carbocycles. The van der Waals surface area contributed by atoms with E-state index in [0.717, 1.165) is 5.56 Å². The maximum Gasteiger partial charge on any atom is 0.416 e. The summed E-state index contributed by atoms with van der Waals surface area (Å²) >= 11 is 0. The lowest BCUT2D eigenvalue weighted by Crippen LogP contribution is -2.33. The van der Waals surface area contributed by atoms with Crippen LogP contribution in [0.4, 0.5) is 10.7 Å². The Kier molecular flexibility index (Phi) is 5.14. The van der Waals surface area contributed by atoms with Crippen molar-refractivity contribution in [1.82, 2.24) is 19.9 Å². The van der Waals surface area contributed by atoms with E-state index in [1.165, 1.54) is 4.90 Å². The number of anilines is 1. The van der Waals surface area contributed by atoms with Gasteiger partial charge in [0.05, 0.1) is 18.3 Å². The Bertz CT molecular complexity index is 881. The number of aliphatic hydroxyl groups excluding tert-OH is 1. The van der Waals surface area contributed by atoms with E-state index in [-0.39, 0.29) is 18.4 Å². The summed E-state index contributed by atoms with van der Waals surface area (Å²) in [6, 6.07) is 12.5. The van der Waals surface area contributed by atoms with E-state index in [1.807, 2.05) is 18.2 Å². The Morgan fingerprint density at radius 1 is 1.35 bits per heavy atom. The quantitative estimate of drug-likeness (QED) is 0.647. The first-order valence-corrected chi connectivity index (χ1v) is 7.96. The zero-order valence-electron chi connectivity index (χ0n) is 14.2. The van der Waals surface area contributed by atoms with Gasteiger partial charge in [-0.25, -0.2) is 14.8 Å². The summed E-state index contributed by atoms with van der Waals surface area (Å²) in [4.78, 5) is 24.3. The normalized spacial score (nSPS) is 11.8. The Labute approximate surface area is 150 Å². The van der Waals surface area contributed by atoms with Gasteiger partial charge in [0.1, 0.15) is 0 Å². The van der Waals surface area contributed by atoms with Crippen molar-refractivity contribution >= 4 is 12.0 Å². The van der Waals surface area contributed by atoms with Gasteiger partial charge in [-0.05, 0) is 11.6 Å². The second-order valence-corrected chi connectivity index (χ2v) is 5.73. The zero-order valence-corrected chi connectivity index (χ0v) is 14.2. The highest BCUT2D eigenvalue weighted by Gasteiger charge is 2.17. The number of likely N-dealkylation sites (N-methyl/N-ethyl adjacent to an activating group) is 1. The van der Waals surface area contributed by atoms with Crippen molar-refractivity contribution in [3.63, 3.8) is 0 Å². The molecule has 1 amide bonds. The number of H-pyrrole nitrogens is 1. The number of nitrogen functional groups attached to an aromatic ring is 1. The summed E-state index contributed by atoms with van der Waals surface area (Å²) in [5, 5.41) is 10.2. The van der Waals surface area contributed by atoms with E-state index in [9.17, 15) is 9.90 Å². The summed E-state index contributed by atoms with van der Waals surface area (Å²) in [5.74, 6) is 0.431. The number of aliphatic hydroxyl groups is 1. The van der Waals surface area contributed by atoms with Crippen LogP contribution in [0.2, 0.25) is 0 Å². The summed E-state index contributed by atoms with van der Waals surface area (Å²) < 4.78 is 5.29. The molecule has 3 rings (SSSR count). The highest BCUT2D eigenvalue weighted by Crippen LogP contribution is 2.22. The minimum atomic E-state index is -0.794. The van der Waals surface area contributed by atoms with Crippen LogP contribution in [0, 0.1) is 0 Å². The molecule has 0 bridgehead atoms. The molecular formula is C18H19N5O3. The molecule has 26 heavy (non-hydrogen) atoms. The van der Waals surface area contributed by atoms with Crippen LogP contribution < -0.4 is 10.5 Å². The van der Waals surface area contributed by atoms with Crippen LogP contribution >= 0.6 is 0 Å². The monoisotopic (exact) mass is 353 g/mol. The Morgan fingerprint density at radius 2 is 2.12 bits per heavy atom. The third-order valence-electron chi connectivity index (χ3n) is 3.77. The zero-order chi connectivity index (χ0) is 18.5. The third-order valence-corrected chi connectivity index (χ3v) is 3.77. The number of aromatic nitrogens is 3. The van der Waals surface area contributed by atoms with E-state index >= 15 is 0 Å². The number of amides is 1. The van der Waals surface area contributed by atoms with E-state index in [4.69, 9.17) is 10.5 Å². The van der Waals surface area contributed by atoms with Crippen LogP contribution in [-0.4, -0.2) is 44.6 Å². The van der Waals surface area contributed by atoms with E-state index < -0.39 is 12.2 Å². The Hall–Kier alpha value is -3.39. The average molecular weight is 353 g/mol. The van der Waals surface area contributed by atoms with Crippen molar-refractivity contribution in [2.24, 2.45) is 0 Å². The minimum absolute atomic E-state index is 0.110. The van der Waals surface area contributed by atoms with Crippen LogP contribution in [0.1, 0.15) is 11.7 Å². The van der Waals surface area contributed by atoms with Crippen molar-refractivity contribution in [3.8, 4) is 17.1 Å². The fourth-order valence-corrected chi connectivity index (χ4v) is 2.40. The van der Waals surface area contributed by atoms with E-state index in [2.05, 4.69) is 15.0 Å². The molecule has 8 nitrogen and oxygen atoms in total. The lowest BCUT2D eigenvalue weighted by molar-refractivity contribution is 0.111. The van der Waals surface area contributed by atoms with Crippen molar-refractivity contribution in [2.45, 2.75) is 6.10 Å². The molecule has 0 spiro atoms. The average Bonchev–Trinajstić information content (AvgIpc) is 3.11. The van der Waals surface area contributed by atoms with Crippen molar-refractivity contribution in [3.05, 3.63) is 60.4 Å². The first-order chi connectivity index (χ1) is 12.5. The fourth-order valence-electron chi connectivity index (χ4n) is 2.40. The SMILES string of the molecule is CN(CC(O)c1ccccc1)C(=O)Oc1cc(-c2ccnc(N)n2)c[nH]1. The summed E-state index contributed by atoms with van der Waals surface area (Å²) in [7, 11) is 1.56.